The van der Waals surface area contributed by atoms with E-state index in [0.29, 0.717) is 31.0 Å². The van der Waals surface area contributed by atoms with Gasteiger partial charge in [-0.1, -0.05) is 27.2 Å². The van der Waals surface area contributed by atoms with Crippen LogP contribution in [0.5, 0.6) is 5.75 Å². The molecule has 0 bridgehead atoms. The number of amides is 1. The van der Waals surface area contributed by atoms with Crippen molar-refractivity contribution in [3.05, 3.63) is 24.3 Å². The van der Waals surface area contributed by atoms with E-state index >= 15 is 0 Å². The maximum absolute atomic E-state index is 12.8. The quantitative estimate of drug-likeness (QED) is 0.754. The van der Waals surface area contributed by atoms with Crippen LogP contribution >= 0.6 is 0 Å². The first-order chi connectivity index (χ1) is 11.5. The summed E-state index contributed by atoms with van der Waals surface area (Å²) < 4.78 is 10.5. The second-order valence-corrected chi connectivity index (χ2v) is 7.29. The Morgan fingerprint density at radius 2 is 1.92 bits per heavy atom. The van der Waals surface area contributed by atoms with Gasteiger partial charge in [0.15, 0.2) is 0 Å². The Labute approximate surface area is 145 Å². The van der Waals surface area contributed by atoms with Crippen LogP contribution in [0.4, 0.5) is 5.69 Å². The number of ether oxygens (including phenoxy) is 2. The highest BCUT2D eigenvalue weighted by atomic mass is 16.5. The summed E-state index contributed by atoms with van der Waals surface area (Å²) in [5.41, 5.74) is 0.833. The standard InChI is InChI=1S/C20H31NO3/c1-14(2)18-10-5-15(3)13-19(18)20(22)21-16-6-8-17(9-7-16)24-12-11-23-4/h6-9,14-15,18-19H,5,10-13H2,1-4H3,(H,21,22)/t15-,18+,19-/m1/s1. The summed E-state index contributed by atoms with van der Waals surface area (Å²) in [6, 6.07) is 7.57. The van der Waals surface area contributed by atoms with E-state index in [1.165, 1.54) is 6.42 Å². The van der Waals surface area contributed by atoms with E-state index in [1.54, 1.807) is 7.11 Å². The van der Waals surface area contributed by atoms with Crippen molar-refractivity contribution in [2.24, 2.45) is 23.7 Å². The predicted octanol–water partition coefficient (Wildman–Crippen LogP) is 4.36. The average Bonchev–Trinajstić information content (AvgIpc) is 2.56. The molecule has 1 aromatic carbocycles. The van der Waals surface area contributed by atoms with Gasteiger partial charge >= 0.3 is 0 Å². The summed E-state index contributed by atoms with van der Waals surface area (Å²) in [5.74, 6) is 2.73. The highest BCUT2D eigenvalue weighted by Crippen LogP contribution is 2.38. The summed E-state index contributed by atoms with van der Waals surface area (Å²) in [4.78, 5) is 12.8. The highest BCUT2D eigenvalue weighted by Gasteiger charge is 2.35. The fraction of sp³-hybridized carbons (Fsp3) is 0.650. The predicted molar refractivity (Wildman–Crippen MR) is 97.3 cm³/mol. The van der Waals surface area contributed by atoms with Crippen LogP contribution in [-0.4, -0.2) is 26.2 Å². The molecule has 1 amide bonds. The number of hydrogen-bond donors (Lipinski definition) is 1. The second-order valence-electron chi connectivity index (χ2n) is 7.29. The number of rotatable bonds is 7. The van der Waals surface area contributed by atoms with Gasteiger partial charge in [-0.2, -0.15) is 0 Å². The zero-order valence-corrected chi connectivity index (χ0v) is 15.4. The molecular formula is C20H31NO3. The van der Waals surface area contributed by atoms with Crippen LogP contribution in [0.3, 0.4) is 0 Å². The molecule has 0 saturated heterocycles. The molecule has 0 aromatic heterocycles. The van der Waals surface area contributed by atoms with Crippen molar-refractivity contribution in [2.75, 3.05) is 25.6 Å². The fourth-order valence-corrected chi connectivity index (χ4v) is 3.62. The second kappa shape index (κ2) is 9.07. The number of methoxy groups -OCH3 is 1. The summed E-state index contributed by atoms with van der Waals surface area (Å²) >= 11 is 0. The smallest absolute Gasteiger partial charge is 0.227 e. The molecule has 1 N–H and O–H groups in total. The molecule has 3 atom stereocenters. The maximum atomic E-state index is 12.8. The number of carbonyl (C=O) groups excluding carboxylic acids is 1. The lowest BCUT2D eigenvalue weighted by Crippen LogP contribution is -2.36. The van der Waals surface area contributed by atoms with Gasteiger partial charge in [0.1, 0.15) is 12.4 Å². The van der Waals surface area contributed by atoms with Gasteiger partial charge in [-0.3, -0.25) is 4.79 Å². The zero-order chi connectivity index (χ0) is 17.5. The number of carbonyl (C=O) groups is 1. The topological polar surface area (TPSA) is 47.6 Å². The molecule has 0 radical (unpaired) electrons. The fourth-order valence-electron chi connectivity index (χ4n) is 3.62. The van der Waals surface area contributed by atoms with E-state index in [-0.39, 0.29) is 11.8 Å². The van der Waals surface area contributed by atoms with Crippen LogP contribution in [-0.2, 0) is 9.53 Å². The minimum atomic E-state index is 0.117. The van der Waals surface area contributed by atoms with Gasteiger partial charge in [0.2, 0.25) is 5.91 Å². The zero-order valence-electron chi connectivity index (χ0n) is 15.4. The molecule has 1 fully saturated rings. The normalized spacial score (nSPS) is 24.0. The Bertz CT molecular complexity index is 512. The molecule has 4 nitrogen and oxygen atoms in total. The Morgan fingerprint density at radius 1 is 1.21 bits per heavy atom. The summed E-state index contributed by atoms with van der Waals surface area (Å²) in [7, 11) is 1.65. The van der Waals surface area contributed by atoms with Crippen molar-refractivity contribution in [1.82, 2.24) is 0 Å². The minimum Gasteiger partial charge on any atom is -0.491 e. The Morgan fingerprint density at radius 3 is 2.54 bits per heavy atom. The highest BCUT2D eigenvalue weighted by molar-refractivity contribution is 5.92. The van der Waals surface area contributed by atoms with E-state index in [2.05, 4.69) is 26.1 Å². The van der Waals surface area contributed by atoms with Crippen LogP contribution < -0.4 is 10.1 Å². The third-order valence-corrected chi connectivity index (χ3v) is 5.04. The SMILES string of the molecule is COCCOc1ccc(NC(=O)[C@@H]2C[C@H](C)CC[C@H]2C(C)C)cc1. The van der Waals surface area contributed by atoms with E-state index < -0.39 is 0 Å². The summed E-state index contributed by atoms with van der Waals surface area (Å²) in [5, 5.41) is 3.09. The molecule has 1 saturated carbocycles. The third kappa shape index (κ3) is 5.23. The molecule has 24 heavy (non-hydrogen) atoms. The van der Waals surface area contributed by atoms with Crippen molar-refractivity contribution in [3.8, 4) is 5.75 Å². The summed E-state index contributed by atoms with van der Waals surface area (Å²) in [6.45, 7) is 7.80. The van der Waals surface area contributed by atoms with Crippen LogP contribution in [0.25, 0.3) is 0 Å². The van der Waals surface area contributed by atoms with Gasteiger partial charge in [0.05, 0.1) is 6.61 Å². The Kier molecular flexibility index (Phi) is 7.10. The van der Waals surface area contributed by atoms with Crippen molar-refractivity contribution in [3.63, 3.8) is 0 Å². The first-order valence-electron chi connectivity index (χ1n) is 9.04. The summed E-state index contributed by atoms with van der Waals surface area (Å²) in [6.07, 6.45) is 3.39. The van der Waals surface area contributed by atoms with Crippen molar-refractivity contribution < 1.29 is 14.3 Å². The van der Waals surface area contributed by atoms with Crippen LogP contribution in [0.1, 0.15) is 40.0 Å². The Hall–Kier alpha value is -1.55. The van der Waals surface area contributed by atoms with E-state index in [1.807, 2.05) is 24.3 Å². The first kappa shape index (κ1) is 18.8. The van der Waals surface area contributed by atoms with Gasteiger partial charge in [0, 0.05) is 18.7 Å². The first-order valence-corrected chi connectivity index (χ1v) is 9.04. The van der Waals surface area contributed by atoms with Gasteiger partial charge in [-0.25, -0.2) is 0 Å². The molecule has 2 rings (SSSR count). The minimum absolute atomic E-state index is 0.117. The van der Waals surface area contributed by atoms with Crippen LogP contribution in [0.15, 0.2) is 24.3 Å². The lowest BCUT2D eigenvalue weighted by molar-refractivity contribution is -0.123. The third-order valence-electron chi connectivity index (χ3n) is 5.04. The number of nitrogens with one attached hydrogen (secondary N) is 1. The Balaban J connectivity index is 1.94. The molecule has 0 unspecified atom stereocenters. The molecule has 0 spiro atoms. The molecule has 0 heterocycles. The molecule has 4 heteroatoms. The van der Waals surface area contributed by atoms with E-state index in [9.17, 15) is 4.79 Å². The lowest BCUT2D eigenvalue weighted by Gasteiger charge is -2.36. The monoisotopic (exact) mass is 333 g/mol. The molecular weight excluding hydrogens is 302 g/mol. The van der Waals surface area contributed by atoms with E-state index in [0.717, 1.165) is 24.3 Å². The van der Waals surface area contributed by atoms with Crippen molar-refractivity contribution in [1.29, 1.82) is 0 Å². The molecule has 134 valence electrons. The number of benzene rings is 1. The van der Waals surface area contributed by atoms with Gasteiger partial charge in [-0.15, -0.1) is 0 Å². The van der Waals surface area contributed by atoms with Crippen LogP contribution in [0, 0.1) is 23.7 Å². The lowest BCUT2D eigenvalue weighted by atomic mass is 9.70. The molecule has 1 aliphatic carbocycles. The molecule has 0 aliphatic heterocycles. The average molecular weight is 333 g/mol. The molecule has 1 aliphatic rings. The van der Waals surface area contributed by atoms with Crippen molar-refractivity contribution >= 4 is 11.6 Å². The van der Waals surface area contributed by atoms with Crippen LogP contribution in [0.2, 0.25) is 0 Å². The van der Waals surface area contributed by atoms with E-state index in [4.69, 9.17) is 9.47 Å². The van der Waals surface area contributed by atoms with Gasteiger partial charge in [-0.05, 0) is 54.9 Å². The largest absolute Gasteiger partial charge is 0.491 e. The van der Waals surface area contributed by atoms with Crippen molar-refractivity contribution in [2.45, 2.75) is 40.0 Å². The number of anilines is 1. The van der Waals surface area contributed by atoms with Gasteiger partial charge < -0.3 is 14.8 Å². The van der Waals surface area contributed by atoms with Gasteiger partial charge in [0.25, 0.3) is 0 Å². The number of hydrogen-bond acceptors (Lipinski definition) is 3. The molecule has 1 aromatic rings. The maximum Gasteiger partial charge on any atom is 0.227 e.